The van der Waals surface area contributed by atoms with E-state index in [1.807, 2.05) is 19.9 Å². The maximum absolute atomic E-state index is 12.2. The molecule has 0 heterocycles. The van der Waals surface area contributed by atoms with Crippen molar-refractivity contribution < 1.29 is 28.5 Å². The molecule has 1 fully saturated rings. The third-order valence-electron chi connectivity index (χ3n) is 8.31. The van der Waals surface area contributed by atoms with Gasteiger partial charge in [-0.3, -0.25) is 0 Å². The van der Waals surface area contributed by atoms with Crippen LogP contribution in [-0.2, 0) is 19.1 Å². The van der Waals surface area contributed by atoms with Crippen LogP contribution < -0.4 is 9.47 Å². The summed E-state index contributed by atoms with van der Waals surface area (Å²) in [7, 11) is 0. The van der Waals surface area contributed by atoms with E-state index in [-0.39, 0.29) is 25.4 Å². The Morgan fingerprint density at radius 2 is 1.36 bits per heavy atom. The molecular formula is C33H42O6. The Kier molecular flexibility index (Phi) is 8.73. The Bertz CT molecular complexity index is 1290. The summed E-state index contributed by atoms with van der Waals surface area (Å²) >= 11 is 0. The number of esters is 2. The first-order chi connectivity index (χ1) is 18.6. The summed E-state index contributed by atoms with van der Waals surface area (Å²) in [5.74, 6) is 2.21. The maximum Gasteiger partial charge on any atom is 0.333 e. The molecule has 0 aliphatic heterocycles. The highest BCUT2D eigenvalue weighted by Gasteiger charge is 2.48. The van der Waals surface area contributed by atoms with Gasteiger partial charge in [-0.15, -0.1) is 0 Å². The molecule has 39 heavy (non-hydrogen) atoms. The van der Waals surface area contributed by atoms with Crippen molar-refractivity contribution in [3.63, 3.8) is 0 Å². The lowest BCUT2D eigenvalue weighted by molar-refractivity contribution is -0.146. The SMILES string of the molecule is C=C(C)C(=O)OC(CC)COc1c2c(c(OCC(CC)OC(=O)C(=C)C)c3c(C)cccc13)C1CCC2C1C. The second-order valence-electron chi connectivity index (χ2n) is 11.2. The van der Waals surface area contributed by atoms with Gasteiger partial charge in [-0.05, 0) is 69.8 Å². The zero-order valence-corrected chi connectivity index (χ0v) is 24.2. The number of benzene rings is 2. The number of hydrogen-bond donors (Lipinski definition) is 0. The van der Waals surface area contributed by atoms with Gasteiger partial charge < -0.3 is 18.9 Å². The van der Waals surface area contributed by atoms with Crippen molar-refractivity contribution in [1.82, 2.24) is 0 Å². The molecule has 2 aliphatic carbocycles. The van der Waals surface area contributed by atoms with Crippen molar-refractivity contribution in [3.8, 4) is 11.5 Å². The van der Waals surface area contributed by atoms with Crippen molar-refractivity contribution in [2.45, 2.75) is 91.3 Å². The van der Waals surface area contributed by atoms with E-state index >= 15 is 0 Å². The first-order valence-corrected chi connectivity index (χ1v) is 14.2. The molecule has 2 bridgehead atoms. The van der Waals surface area contributed by atoms with Gasteiger partial charge in [-0.25, -0.2) is 9.59 Å². The number of carbonyl (C=O) groups is 2. The summed E-state index contributed by atoms with van der Waals surface area (Å²) in [6.45, 7) is 19.6. The van der Waals surface area contributed by atoms with E-state index in [1.165, 1.54) is 11.1 Å². The van der Waals surface area contributed by atoms with Gasteiger partial charge in [0.25, 0.3) is 0 Å². The lowest BCUT2D eigenvalue weighted by Crippen LogP contribution is -2.26. The van der Waals surface area contributed by atoms with Crippen LogP contribution in [0, 0.1) is 12.8 Å². The van der Waals surface area contributed by atoms with Crippen LogP contribution in [0.25, 0.3) is 10.8 Å². The quantitative estimate of drug-likeness (QED) is 0.210. The molecule has 2 aromatic carbocycles. The monoisotopic (exact) mass is 534 g/mol. The van der Waals surface area contributed by atoms with Gasteiger partial charge in [-0.2, -0.15) is 0 Å². The van der Waals surface area contributed by atoms with Crippen molar-refractivity contribution in [2.24, 2.45) is 5.92 Å². The van der Waals surface area contributed by atoms with E-state index in [1.54, 1.807) is 13.8 Å². The summed E-state index contributed by atoms with van der Waals surface area (Å²) < 4.78 is 24.5. The van der Waals surface area contributed by atoms with Gasteiger partial charge in [-0.1, -0.05) is 52.1 Å². The Hall–Kier alpha value is -3.28. The molecule has 0 amide bonds. The molecule has 6 nitrogen and oxygen atoms in total. The average Bonchev–Trinajstić information content (AvgIpc) is 3.41. The number of fused-ring (bicyclic) bond motifs is 6. The first kappa shape index (κ1) is 28.7. The molecule has 0 aromatic heterocycles. The number of aryl methyl sites for hydroxylation is 1. The van der Waals surface area contributed by atoms with E-state index in [4.69, 9.17) is 18.9 Å². The maximum atomic E-state index is 12.2. The van der Waals surface area contributed by atoms with Gasteiger partial charge in [0, 0.05) is 33.0 Å². The minimum atomic E-state index is -0.398. The van der Waals surface area contributed by atoms with Gasteiger partial charge in [0.1, 0.15) is 36.9 Å². The van der Waals surface area contributed by atoms with Crippen LogP contribution >= 0.6 is 0 Å². The van der Waals surface area contributed by atoms with Gasteiger partial charge in [0.15, 0.2) is 0 Å². The molecule has 0 saturated heterocycles. The molecule has 6 heteroatoms. The fourth-order valence-corrected chi connectivity index (χ4v) is 6.03. The molecular weight excluding hydrogens is 492 g/mol. The van der Waals surface area contributed by atoms with Crippen molar-refractivity contribution in [2.75, 3.05) is 13.2 Å². The smallest absolute Gasteiger partial charge is 0.333 e. The second-order valence-corrected chi connectivity index (χ2v) is 11.2. The number of ether oxygens (including phenoxy) is 4. The zero-order chi connectivity index (χ0) is 28.4. The highest BCUT2D eigenvalue weighted by atomic mass is 16.6. The van der Waals surface area contributed by atoms with E-state index in [0.29, 0.717) is 41.7 Å². The molecule has 2 aromatic rings. The topological polar surface area (TPSA) is 71.1 Å². The zero-order valence-electron chi connectivity index (χ0n) is 24.2. The lowest BCUT2D eigenvalue weighted by atomic mass is 9.86. The van der Waals surface area contributed by atoms with Crippen molar-refractivity contribution in [1.29, 1.82) is 0 Å². The highest BCUT2D eigenvalue weighted by molar-refractivity contribution is 5.99. The molecule has 0 radical (unpaired) electrons. The van der Waals surface area contributed by atoms with E-state index < -0.39 is 11.9 Å². The molecule has 2 aliphatic rings. The van der Waals surface area contributed by atoms with Gasteiger partial charge in [0.2, 0.25) is 0 Å². The summed E-state index contributed by atoms with van der Waals surface area (Å²) in [4.78, 5) is 24.4. The molecule has 0 N–H and O–H groups in total. The largest absolute Gasteiger partial charge is 0.489 e. The summed E-state index contributed by atoms with van der Waals surface area (Å²) in [5, 5.41) is 2.02. The van der Waals surface area contributed by atoms with Crippen LogP contribution in [0.15, 0.2) is 42.5 Å². The second kappa shape index (κ2) is 11.8. The Morgan fingerprint density at radius 3 is 1.85 bits per heavy atom. The van der Waals surface area contributed by atoms with Gasteiger partial charge >= 0.3 is 11.9 Å². The van der Waals surface area contributed by atoms with Crippen LogP contribution in [-0.4, -0.2) is 37.4 Å². The first-order valence-electron chi connectivity index (χ1n) is 14.2. The summed E-state index contributed by atoms with van der Waals surface area (Å²) in [6, 6.07) is 6.21. The minimum absolute atomic E-state index is 0.270. The van der Waals surface area contributed by atoms with Crippen molar-refractivity contribution >= 4 is 22.7 Å². The third kappa shape index (κ3) is 5.57. The predicted molar refractivity (Wildman–Crippen MR) is 154 cm³/mol. The number of hydrogen-bond acceptors (Lipinski definition) is 6. The predicted octanol–water partition coefficient (Wildman–Crippen LogP) is 7.31. The standard InChI is InChI=1S/C33H42O6/c1-9-22(38-32(34)18(3)4)16-36-30-26-13-11-12-20(7)27(26)31(29-25-15-14-24(21(25)8)28(29)30)37-17-23(10-2)39-33(35)19(5)6/h11-13,21-25H,3,5,9-10,14-17H2,1-2,4,6-8H3. The Balaban J connectivity index is 1.75. The number of carbonyl (C=O) groups excluding carboxylic acids is 2. The molecule has 5 atom stereocenters. The van der Waals surface area contributed by atoms with Crippen LogP contribution in [0.2, 0.25) is 0 Å². The van der Waals surface area contributed by atoms with Crippen LogP contribution in [0.1, 0.15) is 88.8 Å². The normalized spacial score (nSPS) is 20.7. The van der Waals surface area contributed by atoms with Crippen molar-refractivity contribution in [3.05, 3.63) is 59.2 Å². The lowest BCUT2D eigenvalue weighted by Gasteiger charge is -2.27. The summed E-state index contributed by atoms with van der Waals surface area (Å²) in [6.07, 6.45) is 2.77. The fraction of sp³-hybridized carbons (Fsp3) is 0.515. The van der Waals surface area contributed by atoms with Crippen LogP contribution in [0.5, 0.6) is 11.5 Å². The van der Waals surface area contributed by atoms with Crippen LogP contribution in [0.4, 0.5) is 0 Å². The molecule has 5 unspecified atom stereocenters. The average molecular weight is 535 g/mol. The Morgan fingerprint density at radius 1 is 0.872 bits per heavy atom. The molecule has 0 spiro atoms. The third-order valence-corrected chi connectivity index (χ3v) is 8.31. The fourth-order valence-electron chi connectivity index (χ4n) is 6.03. The van der Waals surface area contributed by atoms with E-state index in [9.17, 15) is 9.59 Å². The van der Waals surface area contributed by atoms with Crippen LogP contribution in [0.3, 0.4) is 0 Å². The van der Waals surface area contributed by atoms with E-state index in [0.717, 1.165) is 40.7 Å². The number of rotatable bonds is 12. The van der Waals surface area contributed by atoms with Gasteiger partial charge in [0.05, 0.1) is 0 Å². The highest BCUT2D eigenvalue weighted by Crippen LogP contribution is 2.64. The van der Waals surface area contributed by atoms with E-state index in [2.05, 4.69) is 39.1 Å². The molecule has 4 rings (SSSR count). The molecule has 210 valence electrons. The summed E-state index contributed by atoms with van der Waals surface area (Å²) in [5.41, 5.74) is 4.30. The Labute approximate surface area is 232 Å². The minimum Gasteiger partial charge on any atom is -0.489 e. The molecule has 1 saturated carbocycles.